The Labute approximate surface area is 91.0 Å². The molecule has 0 radical (unpaired) electrons. The van der Waals surface area contributed by atoms with Crippen LogP contribution in [0.1, 0.15) is 20.3 Å². The molecule has 0 aromatic rings. The molecule has 15 heavy (non-hydrogen) atoms. The van der Waals surface area contributed by atoms with Crippen molar-refractivity contribution in [2.45, 2.75) is 32.4 Å². The molecule has 0 bridgehead atoms. The number of amides is 1. The van der Waals surface area contributed by atoms with Crippen LogP contribution in [-0.4, -0.2) is 43.4 Å². The Morgan fingerprint density at radius 2 is 2.13 bits per heavy atom. The van der Waals surface area contributed by atoms with Gasteiger partial charge < -0.3 is 20.9 Å². The van der Waals surface area contributed by atoms with Crippen LogP contribution in [0.4, 0.5) is 0 Å². The number of carbonyl (C=O) groups is 1. The zero-order valence-corrected chi connectivity index (χ0v) is 9.69. The summed E-state index contributed by atoms with van der Waals surface area (Å²) in [6.07, 6.45) is 0.636. The number of ether oxygens (including phenoxy) is 1. The number of nitrogens with two attached hydrogens (primary N) is 1. The van der Waals surface area contributed by atoms with Crippen molar-refractivity contribution in [3.63, 3.8) is 0 Å². The Kier molecular flexibility index (Phi) is 7.29. The summed E-state index contributed by atoms with van der Waals surface area (Å²) in [6.45, 7) is 4.16. The number of methoxy groups -OCH3 is 1. The van der Waals surface area contributed by atoms with Crippen LogP contribution < -0.4 is 11.1 Å². The maximum atomic E-state index is 11.5. The Morgan fingerprint density at radius 3 is 2.53 bits per heavy atom. The van der Waals surface area contributed by atoms with Gasteiger partial charge in [0.25, 0.3) is 0 Å². The largest absolute Gasteiger partial charge is 0.394 e. The van der Waals surface area contributed by atoms with E-state index < -0.39 is 6.04 Å². The van der Waals surface area contributed by atoms with Crippen molar-refractivity contribution in [1.29, 1.82) is 0 Å². The molecule has 0 aliphatic carbocycles. The third kappa shape index (κ3) is 6.43. The summed E-state index contributed by atoms with van der Waals surface area (Å²) in [4.78, 5) is 11.5. The molecule has 0 aliphatic rings. The summed E-state index contributed by atoms with van der Waals surface area (Å²) in [5.41, 5.74) is 5.68. The predicted molar refractivity (Wildman–Crippen MR) is 58.3 cm³/mol. The average molecular weight is 218 g/mol. The van der Waals surface area contributed by atoms with Crippen LogP contribution in [0.2, 0.25) is 0 Å². The van der Waals surface area contributed by atoms with Crippen molar-refractivity contribution in [2.75, 3.05) is 20.3 Å². The molecule has 90 valence electrons. The summed E-state index contributed by atoms with van der Waals surface area (Å²) >= 11 is 0. The minimum absolute atomic E-state index is 0.145. The summed E-state index contributed by atoms with van der Waals surface area (Å²) < 4.78 is 4.84. The summed E-state index contributed by atoms with van der Waals surface area (Å²) in [6, 6.07) is -0.892. The van der Waals surface area contributed by atoms with E-state index >= 15 is 0 Å². The van der Waals surface area contributed by atoms with Crippen LogP contribution in [0.3, 0.4) is 0 Å². The summed E-state index contributed by atoms with van der Waals surface area (Å²) in [5.74, 6) is 0.139. The molecule has 0 fully saturated rings. The van der Waals surface area contributed by atoms with Gasteiger partial charge in [-0.1, -0.05) is 13.8 Å². The Hall–Kier alpha value is -0.650. The highest BCUT2D eigenvalue weighted by molar-refractivity contribution is 5.81. The van der Waals surface area contributed by atoms with Gasteiger partial charge in [0.2, 0.25) is 5.91 Å². The minimum Gasteiger partial charge on any atom is -0.394 e. The highest BCUT2D eigenvalue weighted by Gasteiger charge is 2.18. The van der Waals surface area contributed by atoms with Gasteiger partial charge in [-0.05, 0) is 12.3 Å². The first-order chi connectivity index (χ1) is 7.01. The molecule has 1 unspecified atom stereocenters. The van der Waals surface area contributed by atoms with Crippen LogP contribution >= 0.6 is 0 Å². The molecular weight excluding hydrogens is 196 g/mol. The zero-order valence-electron chi connectivity index (χ0n) is 9.69. The van der Waals surface area contributed by atoms with Crippen molar-refractivity contribution >= 4 is 5.91 Å². The standard InChI is InChI=1S/C10H22N2O3/c1-7(2)4-9(11)10(14)12-8(5-13)6-15-3/h7-9,13H,4-6,11H2,1-3H3,(H,12,14)/t8?,9-/m1/s1. The molecule has 0 spiro atoms. The van der Waals surface area contributed by atoms with Gasteiger partial charge >= 0.3 is 0 Å². The second kappa shape index (κ2) is 7.62. The number of hydrogen-bond donors (Lipinski definition) is 3. The number of rotatable bonds is 7. The van der Waals surface area contributed by atoms with E-state index in [1.807, 2.05) is 13.8 Å². The maximum absolute atomic E-state index is 11.5. The van der Waals surface area contributed by atoms with Gasteiger partial charge in [0.15, 0.2) is 0 Å². The number of aliphatic hydroxyl groups excluding tert-OH is 1. The molecule has 5 heteroatoms. The zero-order chi connectivity index (χ0) is 11.8. The van der Waals surface area contributed by atoms with Crippen LogP contribution in [0, 0.1) is 5.92 Å². The first-order valence-corrected chi connectivity index (χ1v) is 5.17. The smallest absolute Gasteiger partial charge is 0.237 e. The van der Waals surface area contributed by atoms with Gasteiger partial charge in [-0.15, -0.1) is 0 Å². The minimum atomic E-state index is -0.518. The lowest BCUT2D eigenvalue weighted by molar-refractivity contribution is -0.124. The third-order valence-corrected chi connectivity index (χ3v) is 2.00. The molecule has 2 atom stereocenters. The molecule has 0 rings (SSSR count). The molecular formula is C10H22N2O3. The Morgan fingerprint density at radius 1 is 1.53 bits per heavy atom. The van der Waals surface area contributed by atoms with Crippen LogP contribution in [0.25, 0.3) is 0 Å². The van der Waals surface area contributed by atoms with Gasteiger partial charge in [-0.3, -0.25) is 4.79 Å². The average Bonchev–Trinajstić information content (AvgIpc) is 2.15. The van der Waals surface area contributed by atoms with Crippen molar-refractivity contribution in [3.05, 3.63) is 0 Å². The molecule has 5 nitrogen and oxygen atoms in total. The van der Waals surface area contributed by atoms with E-state index in [1.54, 1.807) is 0 Å². The SMILES string of the molecule is COCC(CO)NC(=O)[C@H](N)CC(C)C. The molecule has 0 aromatic carbocycles. The third-order valence-electron chi connectivity index (χ3n) is 2.00. The monoisotopic (exact) mass is 218 g/mol. The van der Waals surface area contributed by atoms with Gasteiger partial charge in [-0.2, -0.15) is 0 Å². The topological polar surface area (TPSA) is 84.6 Å². The van der Waals surface area contributed by atoms with E-state index in [-0.39, 0.29) is 25.2 Å². The summed E-state index contributed by atoms with van der Waals surface area (Å²) in [7, 11) is 1.52. The molecule has 4 N–H and O–H groups in total. The molecule has 1 amide bonds. The predicted octanol–water partition coefficient (Wildman–Crippen LogP) is -0.517. The van der Waals surface area contributed by atoms with Gasteiger partial charge in [0, 0.05) is 7.11 Å². The van der Waals surface area contributed by atoms with Crippen LogP contribution in [0.15, 0.2) is 0 Å². The number of aliphatic hydroxyl groups is 1. The number of nitrogens with one attached hydrogen (secondary N) is 1. The second-order valence-corrected chi connectivity index (χ2v) is 4.08. The van der Waals surface area contributed by atoms with Gasteiger partial charge in [0.05, 0.1) is 25.3 Å². The molecule has 0 saturated carbocycles. The lowest BCUT2D eigenvalue weighted by Crippen LogP contribution is -2.48. The first kappa shape index (κ1) is 14.3. The van der Waals surface area contributed by atoms with Crippen molar-refractivity contribution in [3.8, 4) is 0 Å². The lowest BCUT2D eigenvalue weighted by atomic mass is 10.0. The number of hydrogen-bond acceptors (Lipinski definition) is 4. The van der Waals surface area contributed by atoms with E-state index in [0.29, 0.717) is 12.3 Å². The Bertz CT molecular complexity index is 186. The lowest BCUT2D eigenvalue weighted by Gasteiger charge is -2.19. The van der Waals surface area contributed by atoms with Crippen LogP contribution in [0.5, 0.6) is 0 Å². The van der Waals surface area contributed by atoms with Gasteiger partial charge in [-0.25, -0.2) is 0 Å². The summed E-state index contributed by atoms with van der Waals surface area (Å²) in [5, 5.41) is 11.6. The van der Waals surface area contributed by atoms with Crippen molar-refractivity contribution in [1.82, 2.24) is 5.32 Å². The molecule has 0 aromatic heterocycles. The fourth-order valence-corrected chi connectivity index (χ4v) is 1.26. The van der Waals surface area contributed by atoms with Crippen molar-refractivity contribution in [2.24, 2.45) is 11.7 Å². The van der Waals surface area contributed by atoms with E-state index in [0.717, 1.165) is 0 Å². The normalized spacial score (nSPS) is 15.1. The first-order valence-electron chi connectivity index (χ1n) is 5.17. The van der Waals surface area contributed by atoms with Crippen LogP contribution in [-0.2, 0) is 9.53 Å². The fraction of sp³-hybridized carbons (Fsp3) is 0.900. The van der Waals surface area contributed by atoms with E-state index in [2.05, 4.69) is 5.32 Å². The second-order valence-electron chi connectivity index (χ2n) is 4.08. The molecule has 0 heterocycles. The number of carbonyl (C=O) groups excluding carboxylic acids is 1. The Balaban J connectivity index is 3.98. The molecule has 0 saturated heterocycles. The van der Waals surface area contributed by atoms with Crippen molar-refractivity contribution < 1.29 is 14.6 Å². The maximum Gasteiger partial charge on any atom is 0.237 e. The van der Waals surface area contributed by atoms with Gasteiger partial charge in [0.1, 0.15) is 0 Å². The fourth-order valence-electron chi connectivity index (χ4n) is 1.26. The van der Waals surface area contributed by atoms with E-state index in [4.69, 9.17) is 15.6 Å². The van der Waals surface area contributed by atoms with E-state index in [1.165, 1.54) is 7.11 Å². The highest BCUT2D eigenvalue weighted by Crippen LogP contribution is 2.02. The van der Waals surface area contributed by atoms with E-state index in [9.17, 15) is 4.79 Å². The quantitative estimate of drug-likeness (QED) is 0.537. The highest BCUT2D eigenvalue weighted by atomic mass is 16.5. The molecule has 0 aliphatic heterocycles.